The van der Waals surface area contributed by atoms with Gasteiger partial charge in [-0.05, 0) is 65.7 Å². The fraction of sp³-hybridized carbons (Fsp3) is 0.292. The first-order valence-electron chi connectivity index (χ1n) is 10.6. The van der Waals surface area contributed by atoms with Gasteiger partial charge in [-0.15, -0.1) is 11.3 Å². The van der Waals surface area contributed by atoms with Crippen LogP contribution >= 0.6 is 38.6 Å². The van der Waals surface area contributed by atoms with E-state index in [4.69, 9.17) is 18.9 Å². The predicted molar refractivity (Wildman–Crippen MR) is 139 cm³/mol. The third kappa shape index (κ3) is 4.67. The molecule has 0 saturated carbocycles. The Morgan fingerprint density at radius 2 is 1.83 bits per heavy atom. The van der Waals surface area contributed by atoms with E-state index < -0.39 is 12.0 Å². The number of esters is 1. The van der Waals surface area contributed by atoms with Crippen LogP contribution in [-0.4, -0.2) is 38.5 Å². The number of hydrogen-bond donors (Lipinski definition) is 0. The van der Waals surface area contributed by atoms with Gasteiger partial charge >= 0.3 is 5.97 Å². The third-order valence-corrected chi connectivity index (χ3v) is 7.94. The molecular weight excluding hydrogens is 556 g/mol. The number of benzene rings is 1. The number of aromatic nitrogens is 1. The van der Waals surface area contributed by atoms with Crippen molar-refractivity contribution in [1.82, 2.24) is 4.57 Å². The van der Waals surface area contributed by atoms with E-state index >= 15 is 0 Å². The first-order chi connectivity index (χ1) is 16.8. The summed E-state index contributed by atoms with van der Waals surface area (Å²) in [7, 11) is 4.54. The topological polar surface area (TPSA) is 88.4 Å². The molecule has 1 aromatic carbocycles. The van der Waals surface area contributed by atoms with Crippen molar-refractivity contribution in [1.29, 1.82) is 0 Å². The van der Waals surface area contributed by atoms with E-state index in [1.165, 1.54) is 48.6 Å². The number of thiophene rings is 1. The Balaban J connectivity index is 2.02. The highest BCUT2D eigenvalue weighted by Crippen LogP contribution is 2.42. The van der Waals surface area contributed by atoms with E-state index in [-0.39, 0.29) is 17.7 Å². The van der Waals surface area contributed by atoms with Gasteiger partial charge in [0.1, 0.15) is 0 Å². The highest BCUT2D eigenvalue weighted by atomic mass is 79.9. The Morgan fingerprint density at radius 1 is 1.14 bits per heavy atom. The Kier molecular flexibility index (Phi) is 7.48. The van der Waals surface area contributed by atoms with Crippen molar-refractivity contribution in [3.63, 3.8) is 0 Å². The van der Waals surface area contributed by atoms with Crippen molar-refractivity contribution in [2.45, 2.75) is 19.9 Å². The van der Waals surface area contributed by atoms with Crippen LogP contribution in [0.4, 0.5) is 0 Å². The molecule has 1 aliphatic rings. The zero-order valence-electron chi connectivity index (χ0n) is 19.7. The number of nitrogens with zero attached hydrogens (tertiary/aromatic N) is 2. The molecule has 0 radical (unpaired) electrons. The van der Waals surface area contributed by atoms with Crippen molar-refractivity contribution in [3.8, 4) is 17.2 Å². The van der Waals surface area contributed by atoms with Crippen LogP contribution in [0, 0.1) is 0 Å². The molecule has 0 aliphatic carbocycles. The Bertz CT molecular complexity index is 1480. The maximum absolute atomic E-state index is 13.7. The summed E-state index contributed by atoms with van der Waals surface area (Å²) in [5.74, 6) is 0.687. The van der Waals surface area contributed by atoms with Gasteiger partial charge in [0.05, 0.1) is 53.6 Å². The summed E-state index contributed by atoms with van der Waals surface area (Å²) in [4.78, 5) is 32.8. The van der Waals surface area contributed by atoms with E-state index in [0.29, 0.717) is 37.8 Å². The molecule has 2 aromatic heterocycles. The van der Waals surface area contributed by atoms with Crippen LogP contribution in [0.15, 0.2) is 49.1 Å². The Labute approximate surface area is 217 Å². The molecule has 0 fully saturated rings. The molecule has 3 aromatic rings. The summed E-state index contributed by atoms with van der Waals surface area (Å²) in [5, 5.41) is 0. The van der Waals surface area contributed by atoms with Gasteiger partial charge < -0.3 is 18.9 Å². The minimum atomic E-state index is -0.795. The van der Waals surface area contributed by atoms with Crippen LogP contribution < -0.4 is 29.1 Å². The first-order valence-corrected chi connectivity index (χ1v) is 13.0. The van der Waals surface area contributed by atoms with Crippen LogP contribution in [0.2, 0.25) is 0 Å². The lowest BCUT2D eigenvalue weighted by Crippen LogP contribution is -2.40. The lowest BCUT2D eigenvalue weighted by atomic mass is 9.95. The minimum absolute atomic E-state index is 0.190. The highest BCUT2D eigenvalue weighted by molar-refractivity contribution is 9.11. The molecule has 0 saturated heterocycles. The summed E-state index contributed by atoms with van der Waals surface area (Å²) in [6.45, 7) is 3.66. The smallest absolute Gasteiger partial charge is 0.338 e. The summed E-state index contributed by atoms with van der Waals surface area (Å²) < 4.78 is 24.9. The second kappa shape index (κ2) is 10.4. The van der Waals surface area contributed by atoms with Crippen molar-refractivity contribution in [3.05, 3.63) is 69.5 Å². The third-order valence-electron chi connectivity index (χ3n) is 5.39. The summed E-state index contributed by atoms with van der Waals surface area (Å²) in [6, 6.07) is 6.53. The number of carbonyl (C=O) groups is 1. The van der Waals surface area contributed by atoms with Crippen molar-refractivity contribution in [2.24, 2.45) is 4.99 Å². The molecule has 184 valence electrons. The molecule has 1 aliphatic heterocycles. The largest absolute Gasteiger partial charge is 0.493 e. The fourth-order valence-corrected chi connectivity index (χ4v) is 6.38. The number of ether oxygens (including phenoxy) is 4. The highest BCUT2D eigenvalue weighted by Gasteiger charge is 2.34. The van der Waals surface area contributed by atoms with E-state index in [9.17, 15) is 9.59 Å². The van der Waals surface area contributed by atoms with Crippen LogP contribution in [0.25, 0.3) is 6.08 Å². The Morgan fingerprint density at radius 3 is 2.37 bits per heavy atom. The first kappa shape index (κ1) is 25.2. The van der Waals surface area contributed by atoms with E-state index in [1.807, 2.05) is 18.2 Å². The van der Waals surface area contributed by atoms with Gasteiger partial charge in [-0.25, -0.2) is 9.79 Å². The predicted octanol–water partition coefficient (Wildman–Crippen LogP) is 3.65. The Hall–Kier alpha value is -2.89. The number of allylic oxidation sites excluding steroid dienone is 1. The normalized spacial score (nSPS) is 15.5. The maximum atomic E-state index is 13.7. The molecule has 0 amide bonds. The lowest BCUT2D eigenvalue weighted by Gasteiger charge is -2.26. The molecular formula is C24H23BrN2O6S2. The number of methoxy groups -OCH3 is 3. The van der Waals surface area contributed by atoms with Crippen molar-refractivity contribution in [2.75, 3.05) is 27.9 Å². The average molecular weight is 579 g/mol. The molecule has 0 N–H and O–H groups in total. The summed E-state index contributed by atoms with van der Waals surface area (Å²) >= 11 is 6.24. The number of thiazole rings is 1. The molecule has 1 atom stereocenters. The van der Waals surface area contributed by atoms with Gasteiger partial charge in [0.15, 0.2) is 16.3 Å². The minimum Gasteiger partial charge on any atom is -0.493 e. The zero-order valence-corrected chi connectivity index (χ0v) is 22.9. The van der Waals surface area contributed by atoms with E-state index in [1.54, 1.807) is 26.0 Å². The van der Waals surface area contributed by atoms with Gasteiger partial charge in [-0.2, -0.15) is 0 Å². The van der Waals surface area contributed by atoms with Crippen LogP contribution in [-0.2, 0) is 9.53 Å². The molecule has 0 spiro atoms. The maximum Gasteiger partial charge on any atom is 0.338 e. The number of halogens is 1. The average Bonchev–Trinajstić information content (AvgIpc) is 3.39. The quantitative estimate of drug-likeness (QED) is 0.398. The van der Waals surface area contributed by atoms with Crippen LogP contribution in [0.1, 0.15) is 30.3 Å². The van der Waals surface area contributed by atoms with E-state index in [2.05, 4.69) is 20.9 Å². The summed E-state index contributed by atoms with van der Waals surface area (Å²) in [5.41, 5.74) is 1.10. The van der Waals surface area contributed by atoms with Gasteiger partial charge in [-0.3, -0.25) is 9.36 Å². The molecule has 0 bridgehead atoms. The monoisotopic (exact) mass is 578 g/mol. The zero-order chi connectivity index (χ0) is 25.3. The standard InChI is InChI=1S/C24H23BrN2O6S2/c1-6-33-23(29)19-12(2)26-24-27(22(28)17(35-24)11-14-7-8-18(25)34-14)20(19)13-9-15(30-3)21(32-5)16(10-13)31-4/h7-11,20H,6H2,1-5H3/b17-11-. The molecule has 11 heteroatoms. The van der Waals surface area contributed by atoms with Gasteiger partial charge in [0, 0.05) is 4.88 Å². The van der Waals surface area contributed by atoms with Gasteiger partial charge in [0.2, 0.25) is 5.75 Å². The number of hydrogen-bond acceptors (Lipinski definition) is 9. The fourth-order valence-electron chi connectivity index (χ4n) is 3.90. The number of fused-ring (bicyclic) bond motifs is 1. The van der Waals surface area contributed by atoms with Crippen molar-refractivity contribution >= 4 is 50.6 Å². The van der Waals surface area contributed by atoms with Crippen molar-refractivity contribution < 1.29 is 23.7 Å². The lowest BCUT2D eigenvalue weighted by molar-refractivity contribution is -0.139. The van der Waals surface area contributed by atoms with Crippen LogP contribution in [0.5, 0.6) is 17.2 Å². The number of carbonyl (C=O) groups excluding carboxylic acids is 1. The van der Waals surface area contributed by atoms with Gasteiger partial charge in [0.25, 0.3) is 5.56 Å². The molecule has 8 nitrogen and oxygen atoms in total. The van der Waals surface area contributed by atoms with E-state index in [0.717, 1.165) is 8.66 Å². The molecule has 4 rings (SSSR count). The SMILES string of the molecule is CCOC(=O)C1=C(C)N=c2s/c(=C\c3ccc(Br)s3)c(=O)n2C1c1cc(OC)c(OC)c(OC)c1. The molecule has 3 heterocycles. The second-order valence-corrected chi connectivity index (χ2v) is 10.9. The van der Waals surface area contributed by atoms with Gasteiger partial charge in [-0.1, -0.05) is 11.3 Å². The summed E-state index contributed by atoms with van der Waals surface area (Å²) in [6.07, 6.45) is 1.83. The number of rotatable bonds is 7. The van der Waals surface area contributed by atoms with Crippen LogP contribution in [0.3, 0.4) is 0 Å². The molecule has 35 heavy (non-hydrogen) atoms. The second-order valence-electron chi connectivity index (χ2n) is 7.40. The molecule has 1 unspecified atom stereocenters.